The molecule has 0 bridgehead atoms. The first kappa shape index (κ1) is 22.0. The van der Waals surface area contributed by atoms with E-state index in [2.05, 4.69) is 21.9 Å². The summed E-state index contributed by atoms with van der Waals surface area (Å²) in [7, 11) is -4.03. The highest BCUT2D eigenvalue weighted by molar-refractivity contribution is 7.92. The van der Waals surface area contributed by atoms with Gasteiger partial charge in [-0.15, -0.1) is 0 Å². The Labute approximate surface area is 194 Å². The van der Waals surface area contributed by atoms with Crippen molar-refractivity contribution in [2.45, 2.75) is 30.6 Å². The van der Waals surface area contributed by atoms with Crippen molar-refractivity contribution in [2.75, 3.05) is 42.8 Å². The molecule has 1 aliphatic carbocycles. The third-order valence-electron chi connectivity index (χ3n) is 6.99. The molecule has 2 aromatic rings. The van der Waals surface area contributed by atoms with Crippen molar-refractivity contribution in [1.82, 2.24) is 4.90 Å². The Kier molecular flexibility index (Phi) is 5.70. The number of hydrogen-bond donors (Lipinski definition) is 3. The summed E-state index contributed by atoms with van der Waals surface area (Å²) in [4.78, 5) is 14.5. The monoisotopic (exact) mass is 471 g/mol. The fourth-order valence-electron chi connectivity index (χ4n) is 5.01. The van der Waals surface area contributed by atoms with Gasteiger partial charge >= 0.3 is 5.97 Å². The summed E-state index contributed by atoms with van der Waals surface area (Å²) in [5, 5.41) is 13.2. The third-order valence-corrected chi connectivity index (χ3v) is 8.41. The van der Waals surface area contributed by atoms with Crippen LogP contribution in [0.1, 0.15) is 41.6 Å². The van der Waals surface area contributed by atoms with Crippen LogP contribution in [0.2, 0.25) is 0 Å². The largest absolute Gasteiger partial charge is 0.492 e. The van der Waals surface area contributed by atoms with Gasteiger partial charge in [0.2, 0.25) is 0 Å². The van der Waals surface area contributed by atoms with E-state index in [0.29, 0.717) is 36.6 Å². The number of rotatable bonds is 8. The average molecular weight is 472 g/mol. The molecule has 1 saturated heterocycles. The number of fused-ring (bicyclic) bond motifs is 3. The molecule has 5 rings (SSSR count). The van der Waals surface area contributed by atoms with E-state index in [0.717, 1.165) is 38.0 Å². The summed E-state index contributed by atoms with van der Waals surface area (Å²) in [5.41, 5.74) is 1.25. The van der Waals surface area contributed by atoms with Crippen LogP contribution in [-0.2, 0) is 10.0 Å². The van der Waals surface area contributed by atoms with Crippen LogP contribution in [0.3, 0.4) is 0 Å². The van der Waals surface area contributed by atoms with Crippen LogP contribution in [0.15, 0.2) is 41.3 Å². The fraction of sp³-hybridized carbons (Fsp3) is 0.458. The number of nitrogens with zero attached hydrogens (tertiary/aromatic N) is 1. The second-order valence-corrected chi connectivity index (χ2v) is 10.8. The van der Waals surface area contributed by atoms with Gasteiger partial charge in [0.05, 0.1) is 18.0 Å². The highest BCUT2D eigenvalue weighted by atomic mass is 32.2. The summed E-state index contributed by atoms with van der Waals surface area (Å²) in [5.74, 6) is 0.272. The van der Waals surface area contributed by atoms with Crippen LogP contribution in [0, 0.1) is 11.8 Å². The number of carboxylic acid groups (broad SMARTS) is 1. The molecular weight excluding hydrogens is 442 g/mol. The van der Waals surface area contributed by atoms with Gasteiger partial charge in [0.15, 0.2) is 0 Å². The molecule has 0 radical (unpaired) electrons. The molecule has 3 atom stereocenters. The zero-order valence-electron chi connectivity index (χ0n) is 18.6. The Morgan fingerprint density at radius 1 is 1.21 bits per heavy atom. The molecule has 0 spiro atoms. The minimum absolute atomic E-state index is 0.0181. The molecule has 9 heteroatoms. The Bertz CT molecular complexity index is 1180. The lowest BCUT2D eigenvalue weighted by atomic mass is 10.0. The smallest absolute Gasteiger partial charge is 0.341 e. The Hall–Kier alpha value is -2.78. The predicted octanol–water partition coefficient (Wildman–Crippen LogP) is 3.44. The van der Waals surface area contributed by atoms with Crippen LogP contribution < -0.4 is 14.8 Å². The van der Waals surface area contributed by atoms with Crippen LogP contribution in [0.5, 0.6) is 5.75 Å². The number of benzene rings is 2. The second-order valence-electron chi connectivity index (χ2n) is 9.16. The zero-order valence-corrected chi connectivity index (χ0v) is 19.4. The van der Waals surface area contributed by atoms with Gasteiger partial charge in [0, 0.05) is 19.0 Å². The zero-order chi connectivity index (χ0) is 23.2. The van der Waals surface area contributed by atoms with Gasteiger partial charge in [0.25, 0.3) is 10.0 Å². The predicted molar refractivity (Wildman–Crippen MR) is 126 cm³/mol. The standard InChI is InChI=1S/C24H29N3O5S/c1-2-27-10-9-15(13-27)12-25-19-5-3-4-6-21(19)33(30,31)26-20-8-7-17-18-11-16(18)14-32-23(17)22(20)24(28)29/h3-8,15-16,18,25-26H,2,9-14H2,1H3,(H,28,29)/t15-,16?,18?/m1/s1. The van der Waals surface area contributed by atoms with E-state index in [1.165, 1.54) is 12.1 Å². The molecule has 2 heterocycles. The number of para-hydroxylation sites is 1. The van der Waals surface area contributed by atoms with Gasteiger partial charge in [-0.3, -0.25) is 4.72 Å². The topological polar surface area (TPSA) is 108 Å². The van der Waals surface area contributed by atoms with Crippen molar-refractivity contribution in [2.24, 2.45) is 11.8 Å². The van der Waals surface area contributed by atoms with Gasteiger partial charge in [0.1, 0.15) is 16.2 Å². The highest BCUT2D eigenvalue weighted by Crippen LogP contribution is 2.55. The van der Waals surface area contributed by atoms with E-state index in [4.69, 9.17) is 4.74 Å². The van der Waals surface area contributed by atoms with Crippen molar-refractivity contribution < 1.29 is 23.1 Å². The molecular formula is C24H29N3O5S. The van der Waals surface area contributed by atoms with Crippen molar-refractivity contribution >= 4 is 27.4 Å². The molecule has 0 aromatic heterocycles. The number of nitrogens with one attached hydrogen (secondary N) is 2. The van der Waals surface area contributed by atoms with Gasteiger partial charge in [-0.05, 0) is 61.5 Å². The number of carboxylic acids is 1. The third kappa shape index (κ3) is 4.27. The molecule has 3 aliphatic rings. The molecule has 8 nitrogen and oxygen atoms in total. The Morgan fingerprint density at radius 2 is 2.03 bits per heavy atom. The van der Waals surface area contributed by atoms with Crippen molar-refractivity contribution in [3.05, 3.63) is 47.5 Å². The first-order chi connectivity index (χ1) is 15.9. The Morgan fingerprint density at radius 3 is 2.79 bits per heavy atom. The van der Waals surface area contributed by atoms with E-state index >= 15 is 0 Å². The van der Waals surface area contributed by atoms with Gasteiger partial charge in [-0.2, -0.15) is 0 Å². The van der Waals surface area contributed by atoms with Crippen LogP contribution in [0.4, 0.5) is 11.4 Å². The van der Waals surface area contributed by atoms with E-state index in [9.17, 15) is 18.3 Å². The second kappa shape index (κ2) is 8.53. The summed E-state index contributed by atoms with van der Waals surface area (Å²) in [6.07, 6.45) is 2.06. The van der Waals surface area contributed by atoms with Crippen molar-refractivity contribution in [3.63, 3.8) is 0 Å². The first-order valence-corrected chi connectivity index (χ1v) is 13.0. The molecule has 176 valence electrons. The van der Waals surface area contributed by atoms with Gasteiger partial charge in [-0.1, -0.05) is 25.1 Å². The minimum atomic E-state index is -4.03. The Balaban J connectivity index is 1.40. The van der Waals surface area contributed by atoms with Crippen LogP contribution >= 0.6 is 0 Å². The van der Waals surface area contributed by atoms with E-state index in [1.807, 2.05) is 0 Å². The normalized spacial score (nSPS) is 23.8. The van der Waals surface area contributed by atoms with Gasteiger partial charge < -0.3 is 20.1 Å². The number of aromatic carboxylic acids is 1. The van der Waals surface area contributed by atoms with E-state index in [1.54, 1.807) is 24.3 Å². The summed E-state index contributed by atoms with van der Waals surface area (Å²) in [6, 6.07) is 10.0. The molecule has 2 aromatic carbocycles. The van der Waals surface area contributed by atoms with E-state index in [-0.39, 0.29) is 21.9 Å². The molecule has 1 saturated carbocycles. The molecule has 33 heavy (non-hydrogen) atoms. The molecule has 2 aliphatic heterocycles. The molecule has 3 N–H and O–H groups in total. The number of hydrogen-bond acceptors (Lipinski definition) is 6. The molecule has 0 amide bonds. The summed E-state index contributed by atoms with van der Waals surface area (Å²) in [6.45, 7) is 6.36. The number of ether oxygens (including phenoxy) is 1. The SMILES string of the molecule is CCN1CC[C@H](CNc2ccccc2S(=O)(=O)Nc2ccc3c(c2C(=O)O)OCC2CC32)C1. The van der Waals surface area contributed by atoms with Gasteiger partial charge in [-0.25, -0.2) is 13.2 Å². The summed E-state index contributed by atoms with van der Waals surface area (Å²) < 4.78 is 34.9. The lowest BCUT2D eigenvalue weighted by Gasteiger charge is -2.22. The molecule has 2 unspecified atom stereocenters. The number of sulfonamides is 1. The fourth-order valence-corrected chi connectivity index (χ4v) is 6.27. The lowest BCUT2D eigenvalue weighted by Crippen LogP contribution is -2.23. The highest BCUT2D eigenvalue weighted by Gasteiger charge is 2.45. The van der Waals surface area contributed by atoms with Crippen LogP contribution in [-0.4, -0.2) is 57.2 Å². The maximum absolute atomic E-state index is 13.3. The number of carbonyl (C=O) groups is 1. The molecule has 2 fully saturated rings. The van der Waals surface area contributed by atoms with Crippen LogP contribution in [0.25, 0.3) is 0 Å². The lowest BCUT2D eigenvalue weighted by molar-refractivity contribution is 0.0692. The maximum Gasteiger partial charge on any atom is 0.341 e. The van der Waals surface area contributed by atoms with E-state index < -0.39 is 16.0 Å². The quantitative estimate of drug-likeness (QED) is 0.541. The van der Waals surface area contributed by atoms with Crippen molar-refractivity contribution in [3.8, 4) is 5.75 Å². The minimum Gasteiger partial charge on any atom is -0.492 e. The summed E-state index contributed by atoms with van der Waals surface area (Å²) >= 11 is 0. The average Bonchev–Trinajstić information content (AvgIpc) is 3.46. The first-order valence-electron chi connectivity index (χ1n) is 11.5. The number of likely N-dealkylation sites (tertiary alicyclic amines) is 1. The number of anilines is 2. The van der Waals surface area contributed by atoms with Crippen molar-refractivity contribution in [1.29, 1.82) is 0 Å². The maximum atomic E-state index is 13.3.